The smallest absolute Gasteiger partial charge is 0.223 e. The van der Waals surface area contributed by atoms with Crippen molar-refractivity contribution in [3.05, 3.63) is 29.8 Å². The molecule has 1 aliphatic heterocycles. The second-order valence-corrected chi connectivity index (χ2v) is 5.13. The minimum Gasteiger partial charge on any atom is -0.496 e. The van der Waals surface area contributed by atoms with Crippen LogP contribution in [0, 0.1) is 0 Å². The van der Waals surface area contributed by atoms with Crippen LogP contribution in [0.5, 0.6) is 5.75 Å². The van der Waals surface area contributed by atoms with Crippen LogP contribution in [-0.2, 0) is 4.79 Å². The van der Waals surface area contributed by atoms with Gasteiger partial charge in [-0.15, -0.1) is 0 Å². The normalized spacial score (nSPS) is 20.4. The number of hydrogen-bond acceptors (Lipinski definition) is 3. The van der Waals surface area contributed by atoms with Crippen molar-refractivity contribution >= 4 is 5.91 Å². The Morgan fingerprint density at radius 3 is 2.89 bits per heavy atom. The lowest BCUT2D eigenvalue weighted by Crippen LogP contribution is -2.30. The van der Waals surface area contributed by atoms with Crippen LogP contribution in [0.3, 0.4) is 0 Å². The van der Waals surface area contributed by atoms with Crippen LogP contribution in [-0.4, -0.2) is 42.2 Å². The first kappa shape index (κ1) is 13.9. The Balaban J connectivity index is 2.00. The molecule has 4 heteroatoms. The van der Waals surface area contributed by atoms with Crippen LogP contribution >= 0.6 is 0 Å². The summed E-state index contributed by atoms with van der Waals surface area (Å²) in [5, 5.41) is 9.47. The monoisotopic (exact) mass is 263 g/mol. The predicted molar refractivity (Wildman–Crippen MR) is 73.2 cm³/mol. The van der Waals surface area contributed by atoms with Gasteiger partial charge < -0.3 is 14.7 Å². The van der Waals surface area contributed by atoms with Gasteiger partial charge in [-0.05, 0) is 24.0 Å². The van der Waals surface area contributed by atoms with Gasteiger partial charge in [0.25, 0.3) is 0 Å². The van der Waals surface area contributed by atoms with Gasteiger partial charge in [-0.25, -0.2) is 0 Å². The molecule has 0 spiro atoms. The lowest BCUT2D eigenvalue weighted by molar-refractivity contribution is -0.130. The highest BCUT2D eigenvalue weighted by molar-refractivity contribution is 5.77. The molecule has 0 bridgehead atoms. The highest BCUT2D eigenvalue weighted by Crippen LogP contribution is 2.29. The number of carbonyl (C=O) groups is 1. The van der Waals surface area contributed by atoms with Crippen molar-refractivity contribution in [2.45, 2.75) is 31.8 Å². The minimum atomic E-state index is -0.356. The fourth-order valence-corrected chi connectivity index (χ4v) is 2.54. The van der Waals surface area contributed by atoms with Crippen LogP contribution in [0.4, 0.5) is 0 Å². The average molecular weight is 263 g/mol. The third-order valence-electron chi connectivity index (χ3n) is 3.67. The molecule has 0 radical (unpaired) electrons. The lowest BCUT2D eigenvalue weighted by atomic mass is 9.96. The van der Waals surface area contributed by atoms with Gasteiger partial charge in [0, 0.05) is 19.5 Å². The Hall–Kier alpha value is -1.55. The van der Waals surface area contributed by atoms with E-state index in [4.69, 9.17) is 4.74 Å². The average Bonchev–Trinajstić information content (AvgIpc) is 2.85. The highest BCUT2D eigenvalue weighted by atomic mass is 16.5. The van der Waals surface area contributed by atoms with E-state index in [0.717, 1.165) is 11.3 Å². The van der Waals surface area contributed by atoms with Gasteiger partial charge in [0.15, 0.2) is 0 Å². The number of carbonyl (C=O) groups excluding carboxylic acids is 1. The van der Waals surface area contributed by atoms with E-state index in [2.05, 4.69) is 0 Å². The maximum Gasteiger partial charge on any atom is 0.223 e. The number of methoxy groups -OCH3 is 1. The Kier molecular flexibility index (Phi) is 4.43. The third kappa shape index (κ3) is 3.26. The van der Waals surface area contributed by atoms with Gasteiger partial charge in [0.2, 0.25) is 5.91 Å². The fourth-order valence-electron chi connectivity index (χ4n) is 2.54. The number of para-hydroxylation sites is 1. The first-order chi connectivity index (χ1) is 9.11. The number of hydrogen-bond donors (Lipinski definition) is 1. The molecule has 0 unspecified atom stereocenters. The molecule has 1 aromatic carbocycles. The molecule has 104 valence electrons. The Morgan fingerprint density at radius 1 is 1.53 bits per heavy atom. The quantitative estimate of drug-likeness (QED) is 0.901. The summed E-state index contributed by atoms with van der Waals surface area (Å²) in [6, 6.07) is 7.79. The second kappa shape index (κ2) is 6.06. The molecule has 4 nitrogen and oxygen atoms in total. The van der Waals surface area contributed by atoms with Crippen LogP contribution in [0.1, 0.15) is 31.2 Å². The molecule has 1 aliphatic rings. The first-order valence-corrected chi connectivity index (χ1v) is 6.70. The van der Waals surface area contributed by atoms with Crippen LogP contribution < -0.4 is 4.74 Å². The Bertz CT molecular complexity index is 447. The summed E-state index contributed by atoms with van der Waals surface area (Å²) in [6.07, 6.45) is 0.785. The molecule has 1 saturated heterocycles. The number of aliphatic hydroxyl groups is 1. The maximum atomic E-state index is 12.1. The zero-order valence-electron chi connectivity index (χ0n) is 11.5. The molecule has 2 atom stereocenters. The van der Waals surface area contributed by atoms with E-state index in [9.17, 15) is 9.90 Å². The van der Waals surface area contributed by atoms with Crippen LogP contribution in [0.2, 0.25) is 0 Å². The number of β-amino-alcohol motifs (C(OH)–C–C–N with tert-alkyl or cyclic N) is 1. The number of rotatable bonds is 4. The molecule has 0 aromatic heterocycles. The van der Waals surface area contributed by atoms with Gasteiger partial charge in [-0.1, -0.05) is 25.1 Å². The highest BCUT2D eigenvalue weighted by Gasteiger charge is 2.26. The zero-order valence-corrected chi connectivity index (χ0v) is 11.5. The second-order valence-electron chi connectivity index (χ2n) is 5.13. The summed E-state index contributed by atoms with van der Waals surface area (Å²) < 4.78 is 5.33. The van der Waals surface area contributed by atoms with Gasteiger partial charge in [0.05, 0.1) is 13.2 Å². The minimum absolute atomic E-state index is 0.106. The predicted octanol–water partition coefficient (Wildman–Crippen LogP) is 1.78. The topological polar surface area (TPSA) is 49.8 Å². The number of nitrogens with zero attached hydrogens (tertiary/aromatic N) is 1. The van der Waals surface area contributed by atoms with Crippen molar-refractivity contribution in [3.8, 4) is 5.75 Å². The van der Waals surface area contributed by atoms with Gasteiger partial charge in [-0.3, -0.25) is 4.79 Å². The summed E-state index contributed by atoms with van der Waals surface area (Å²) in [5.74, 6) is 1.04. The van der Waals surface area contributed by atoms with Crippen molar-refractivity contribution in [2.24, 2.45) is 0 Å². The first-order valence-electron chi connectivity index (χ1n) is 6.70. The summed E-state index contributed by atoms with van der Waals surface area (Å²) in [5.41, 5.74) is 1.05. The number of ether oxygens (including phenoxy) is 1. The molecule has 1 aromatic rings. The standard InChI is InChI=1S/C15H21NO3/c1-11(13-5-3-4-6-14(13)19-2)9-15(18)16-8-7-12(17)10-16/h3-6,11-12,17H,7-10H2,1-2H3/t11-,12+/m1/s1. The van der Waals surface area contributed by atoms with Crippen LogP contribution in [0.25, 0.3) is 0 Å². The van der Waals surface area contributed by atoms with E-state index < -0.39 is 0 Å². The number of likely N-dealkylation sites (tertiary alicyclic amines) is 1. The molecule has 2 rings (SSSR count). The van der Waals surface area contributed by atoms with E-state index in [0.29, 0.717) is 25.9 Å². The molecule has 1 heterocycles. The Labute approximate surface area is 114 Å². The van der Waals surface area contributed by atoms with Crippen molar-refractivity contribution in [1.82, 2.24) is 4.90 Å². The largest absolute Gasteiger partial charge is 0.496 e. The van der Waals surface area contributed by atoms with E-state index >= 15 is 0 Å². The summed E-state index contributed by atoms with van der Waals surface area (Å²) in [6.45, 7) is 3.17. The third-order valence-corrected chi connectivity index (χ3v) is 3.67. The van der Waals surface area contributed by atoms with Gasteiger partial charge >= 0.3 is 0 Å². The van der Waals surface area contributed by atoms with Crippen molar-refractivity contribution in [1.29, 1.82) is 0 Å². The number of aliphatic hydroxyl groups excluding tert-OH is 1. The molecule has 0 aliphatic carbocycles. The van der Waals surface area contributed by atoms with E-state index in [1.807, 2.05) is 31.2 Å². The number of benzene rings is 1. The maximum absolute atomic E-state index is 12.1. The van der Waals surface area contributed by atoms with E-state index in [1.54, 1.807) is 12.0 Å². The van der Waals surface area contributed by atoms with E-state index in [1.165, 1.54) is 0 Å². The van der Waals surface area contributed by atoms with Crippen molar-refractivity contribution in [2.75, 3.05) is 20.2 Å². The van der Waals surface area contributed by atoms with Crippen LogP contribution in [0.15, 0.2) is 24.3 Å². The summed E-state index contributed by atoms with van der Waals surface area (Å²) in [4.78, 5) is 13.9. The summed E-state index contributed by atoms with van der Waals surface area (Å²) in [7, 11) is 1.64. The Morgan fingerprint density at radius 2 is 2.26 bits per heavy atom. The molecule has 19 heavy (non-hydrogen) atoms. The van der Waals surface area contributed by atoms with Crippen molar-refractivity contribution in [3.63, 3.8) is 0 Å². The SMILES string of the molecule is COc1ccccc1[C@H](C)CC(=O)N1CC[C@H](O)C1. The van der Waals surface area contributed by atoms with Crippen molar-refractivity contribution < 1.29 is 14.6 Å². The molecule has 1 N–H and O–H groups in total. The molecular formula is C15H21NO3. The zero-order chi connectivity index (χ0) is 13.8. The molecular weight excluding hydrogens is 242 g/mol. The molecule has 1 fully saturated rings. The molecule has 0 saturated carbocycles. The lowest BCUT2D eigenvalue weighted by Gasteiger charge is -2.20. The summed E-state index contributed by atoms with van der Waals surface area (Å²) >= 11 is 0. The van der Waals surface area contributed by atoms with Gasteiger partial charge in [-0.2, -0.15) is 0 Å². The van der Waals surface area contributed by atoms with E-state index in [-0.39, 0.29) is 17.9 Å². The number of amides is 1. The van der Waals surface area contributed by atoms with Gasteiger partial charge in [0.1, 0.15) is 5.75 Å². The molecule has 1 amide bonds. The fraction of sp³-hybridized carbons (Fsp3) is 0.533.